The van der Waals surface area contributed by atoms with Gasteiger partial charge in [-0.05, 0) is 47.1 Å². The second kappa shape index (κ2) is 6.33. The van der Waals surface area contributed by atoms with Gasteiger partial charge in [0.1, 0.15) is 0 Å². The number of halogens is 1. The fourth-order valence-electron chi connectivity index (χ4n) is 1.91. The van der Waals surface area contributed by atoms with E-state index in [0.29, 0.717) is 21.9 Å². The number of ether oxygens (including phenoxy) is 3. The summed E-state index contributed by atoms with van der Waals surface area (Å²) in [6, 6.07) is 8.01. The molecule has 3 rings (SSSR count). The van der Waals surface area contributed by atoms with E-state index < -0.39 is 18.0 Å². The van der Waals surface area contributed by atoms with Crippen LogP contribution in [0.25, 0.3) is 0 Å². The molecule has 1 aromatic carbocycles. The number of anilines is 1. The molecular formula is C15H12BrNO6. The van der Waals surface area contributed by atoms with E-state index in [1.165, 1.54) is 13.0 Å². The molecule has 0 unspecified atom stereocenters. The van der Waals surface area contributed by atoms with Gasteiger partial charge in [-0.25, -0.2) is 4.79 Å². The van der Waals surface area contributed by atoms with Crippen molar-refractivity contribution in [2.75, 3.05) is 12.1 Å². The summed E-state index contributed by atoms with van der Waals surface area (Å²) in [6.07, 6.45) is -0.989. The Kier molecular flexibility index (Phi) is 4.24. The molecule has 0 bridgehead atoms. The zero-order chi connectivity index (χ0) is 16.4. The third kappa shape index (κ3) is 3.48. The SMILES string of the molecule is C[C@@H](OC(=O)c1ccc(Br)o1)C(=O)Nc1ccc2c(c1)OCO2. The number of amides is 1. The van der Waals surface area contributed by atoms with Crippen LogP contribution in [0, 0.1) is 0 Å². The number of fused-ring (bicyclic) bond motifs is 1. The first-order valence-electron chi connectivity index (χ1n) is 6.70. The van der Waals surface area contributed by atoms with Crippen molar-refractivity contribution in [1.82, 2.24) is 0 Å². The monoisotopic (exact) mass is 381 g/mol. The van der Waals surface area contributed by atoms with Gasteiger partial charge in [0.25, 0.3) is 5.91 Å². The first-order chi connectivity index (χ1) is 11.0. The number of carbonyl (C=O) groups is 2. The van der Waals surface area contributed by atoms with Gasteiger partial charge >= 0.3 is 5.97 Å². The highest BCUT2D eigenvalue weighted by Crippen LogP contribution is 2.34. The zero-order valence-electron chi connectivity index (χ0n) is 12.0. The highest BCUT2D eigenvalue weighted by molar-refractivity contribution is 9.10. The summed E-state index contributed by atoms with van der Waals surface area (Å²) in [5, 5.41) is 2.64. The maximum atomic E-state index is 12.1. The van der Waals surface area contributed by atoms with Crippen molar-refractivity contribution in [3.05, 3.63) is 40.8 Å². The van der Waals surface area contributed by atoms with Crippen molar-refractivity contribution >= 4 is 33.5 Å². The molecule has 1 aliphatic rings. The fraction of sp³-hybridized carbons (Fsp3) is 0.200. The number of hydrogen-bond acceptors (Lipinski definition) is 6. The standard InChI is InChI=1S/C15H12BrNO6/c1-8(22-15(19)11-4-5-13(16)23-11)14(18)17-9-2-3-10-12(6-9)21-7-20-10/h2-6,8H,7H2,1H3,(H,17,18)/t8-/m1/s1. The van der Waals surface area contributed by atoms with Gasteiger partial charge in [0, 0.05) is 11.8 Å². The van der Waals surface area contributed by atoms with Crippen LogP contribution in [-0.2, 0) is 9.53 Å². The highest BCUT2D eigenvalue weighted by atomic mass is 79.9. The summed E-state index contributed by atoms with van der Waals surface area (Å²) in [5.41, 5.74) is 0.517. The van der Waals surface area contributed by atoms with Crippen molar-refractivity contribution in [1.29, 1.82) is 0 Å². The van der Waals surface area contributed by atoms with E-state index in [4.69, 9.17) is 18.6 Å². The Labute approximate surface area is 139 Å². The Morgan fingerprint density at radius 2 is 2.00 bits per heavy atom. The molecule has 0 aliphatic carbocycles. The molecule has 8 heteroatoms. The van der Waals surface area contributed by atoms with Gasteiger partial charge in [0.2, 0.25) is 12.6 Å². The van der Waals surface area contributed by atoms with E-state index in [2.05, 4.69) is 21.2 Å². The molecule has 1 aliphatic heterocycles. The van der Waals surface area contributed by atoms with E-state index in [1.54, 1.807) is 24.3 Å². The van der Waals surface area contributed by atoms with Crippen LogP contribution in [0.5, 0.6) is 11.5 Å². The predicted molar refractivity (Wildman–Crippen MR) is 82.5 cm³/mol. The number of nitrogens with one attached hydrogen (secondary N) is 1. The minimum absolute atomic E-state index is 0.0135. The summed E-state index contributed by atoms with van der Waals surface area (Å²) in [7, 11) is 0. The van der Waals surface area contributed by atoms with Crippen LogP contribution in [0.3, 0.4) is 0 Å². The minimum atomic E-state index is -0.989. The minimum Gasteiger partial charge on any atom is -0.454 e. The van der Waals surface area contributed by atoms with E-state index >= 15 is 0 Å². The van der Waals surface area contributed by atoms with Crippen LogP contribution >= 0.6 is 15.9 Å². The van der Waals surface area contributed by atoms with Crippen LogP contribution in [0.2, 0.25) is 0 Å². The summed E-state index contributed by atoms with van der Waals surface area (Å²) in [4.78, 5) is 23.9. The summed E-state index contributed by atoms with van der Waals surface area (Å²) >= 11 is 3.09. The Hall–Kier alpha value is -2.48. The molecule has 23 heavy (non-hydrogen) atoms. The molecule has 1 N–H and O–H groups in total. The van der Waals surface area contributed by atoms with E-state index in [0.717, 1.165) is 0 Å². The molecule has 2 aromatic rings. The molecule has 0 saturated carbocycles. The maximum absolute atomic E-state index is 12.1. The summed E-state index contributed by atoms with van der Waals surface area (Å²) in [5.74, 6) is -0.00904. The first-order valence-corrected chi connectivity index (χ1v) is 7.49. The Bertz CT molecular complexity index is 756. The van der Waals surface area contributed by atoms with E-state index in [9.17, 15) is 9.59 Å². The van der Waals surface area contributed by atoms with Crippen LogP contribution in [0.15, 0.2) is 39.4 Å². The molecule has 1 atom stereocenters. The molecule has 1 aromatic heterocycles. The fourth-order valence-corrected chi connectivity index (χ4v) is 2.22. The van der Waals surface area contributed by atoms with Crippen molar-refractivity contribution in [3.63, 3.8) is 0 Å². The number of hydrogen-bond donors (Lipinski definition) is 1. The average molecular weight is 382 g/mol. The predicted octanol–water partition coefficient (Wildman–Crippen LogP) is 2.95. The van der Waals surface area contributed by atoms with Crippen molar-refractivity contribution < 1.29 is 28.2 Å². The average Bonchev–Trinajstić information content (AvgIpc) is 3.15. The molecule has 7 nitrogen and oxygen atoms in total. The quantitative estimate of drug-likeness (QED) is 0.819. The number of benzene rings is 1. The Balaban J connectivity index is 1.60. The van der Waals surface area contributed by atoms with Gasteiger partial charge in [-0.3, -0.25) is 4.79 Å². The Morgan fingerprint density at radius 1 is 1.22 bits per heavy atom. The first kappa shape index (κ1) is 15.4. The largest absolute Gasteiger partial charge is 0.454 e. The third-order valence-electron chi connectivity index (χ3n) is 3.07. The molecule has 0 fully saturated rings. The third-order valence-corrected chi connectivity index (χ3v) is 3.49. The number of carbonyl (C=O) groups excluding carboxylic acids is 2. The molecule has 2 heterocycles. The second-order valence-electron chi connectivity index (χ2n) is 4.71. The lowest BCUT2D eigenvalue weighted by Gasteiger charge is -2.13. The summed E-state index contributed by atoms with van der Waals surface area (Å²) in [6.45, 7) is 1.62. The van der Waals surface area contributed by atoms with Gasteiger partial charge in [-0.1, -0.05) is 0 Å². The number of furan rings is 1. The van der Waals surface area contributed by atoms with Gasteiger partial charge in [0.05, 0.1) is 0 Å². The highest BCUT2D eigenvalue weighted by Gasteiger charge is 2.22. The van der Waals surface area contributed by atoms with E-state index in [-0.39, 0.29) is 12.6 Å². The van der Waals surface area contributed by atoms with Crippen molar-refractivity contribution in [3.8, 4) is 11.5 Å². The molecule has 0 spiro atoms. The van der Waals surface area contributed by atoms with Gasteiger partial charge in [0.15, 0.2) is 22.3 Å². The second-order valence-corrected chi connectivity index (χ2v) is 5.49. The number of rotatable bonds is 4. The van der Waals surface area contributed by atoms with Crippen LogP contribution in [0.4, 0.5) is 5.69 Å². The van der Waals surface area contributed by atoms with Gasteiger partial charge in [-0.15, -0.1) is 0 Å². The smallest absolute Gasteiger partial charge is 0.375 e. The molecule has 1 amide bonds. The van der Waals surface area contributed by atoms with Gasteiger partial charge in [-0.2, -0.15) is 0 Å². The van der Waals surface area contributed by atoms with Crippen LogP contribution < -0.4 is 14.8 Å². The molecule has 0 radical (unpaired) electrons. The van der Waals surface area contributed by atoms with Crippen molar-refractivity contribution in [2.24, 2.45) is 0 Å². The van der Waals surface area contributed by atoms with Crippen molar-refractivity contribution in [2.45, 2.75) is 13.0 Å². The lowest BCUT2D eigenvalue weighted by molar-refractivity contribution is -0.123. The zero-order valence-corrected chi connectivity index (χ0v) is 13.6. The van der Waals surface area contributed by atoms with Crippen LogP contribution in [-0.4, -0.2) is 24.8 Å². The molecule has 120 valence electrons. The molecular weight excluding hydrogens is 370 g/mol. The topological polar surface area (TPSA) is 87.0 Å². The number of esters is 1. The van der Waals surface area contributed by atoms with E-state index in [1.807, 2.05) is 0 Å². The summed E-state index contributed by atoms with van der Waals surface area (Å²) < 4.78 is 21.0. The maximum Gasteiger partial charge on any atom is 0.375 e. The lowest BCUT2D eigenvalue weighted by atomic mass is 10.2. The van der Waals surface area contributed by atoms with Crippen LogP contribution in [0.1, 0.15) is 17.5 Å². The Morgan fingerprint density at radius 3 is 2.74 bits per heavy atom. The van der Waals surface area contributed by atoms with Gasteiger partial charge < -0.3 is 23.9 Å². The lowest BCUT2D eigenvalue weighted by Crippen LogP contribution is -2.29. The molecule has 0 saturated heterocycles. The normalized spacial score (nSPS) is 13.5.